The molecule has 1 fully saturated rings. The van der Waals surface area contributed by atoms with E-state index >= 15 is 0 Å². The van der Waals surface area contributed by atoms with Gasteiger partial charge in [-0.05, 0) is 37.8 Å². The number of carbonyl (C=O) groups is 3. The molecule has 0 radical (unpaired) electrons. The summed E-state index contributed by atoms with van der Waals surface area (Å²) in [6.07, 6.45) is 4.15. The molecule has 1 heterocycles. The number of nitrogens with zero attached hydrogens (tertiary/aromatic N) is 1. The van der Waals surface area contributed by atoms with E-state index < -0.39 is 24.0 Å². The van der Waals surface area contributed by atoms with Crippen molar-refractivity contribution in [2.75, 3.05) is 5.32 Å². The molecule has 2 N–H and O–H groups in total. The summed E-state index contributed by atoms with van der Waals surface area (Å²) in [5.74, 6) is -1.03. The number of esters is 1. The Bertz CT molecular complexity index is 629. The quantitative estimate of drug-likeness (QED) is 0.752. The maximum atomic E-state index is 12.4. The molecule has 25 heavy (non-hydrogen) atoms. The molecule has 0 unspecified atom stereocenters. The number of amides is 2. The van der Waals surface area contributed by atoms with Crippen LogP contribution in [0, 0.1) is 5.92 Å². The van der Waals surface area contributed by atoms with Crippen molar-refractivity contribution in [3.63, 3.8) is 0 Å². The number of aromatic nitrogens is 1. The Labute approximate surface area is 151 Å². The van der Waals surface area contributed by atoms with Gasteiger partial charge < -0.3 is 15.4 Å². The van der Waals surface area contributed by atoms with E-state index in [1.807, 2.05) is 0 Å². The third-order valence-electron chi connectivity index (χ3n) is 4.12. The predicted octanol–water partition coefficient (Wildman–Crippen LogP) is 2.30. The van der Waals surface area contributed by atoms with Crippen LogP contribution in [0.25, 0.3) is 0 Å². The van der Waals surface area contributed by atoms with Gasteiger partial charge in [0.15, 0.2) is 6.10 Å². The zero-order valence-electron chi connectivity index (χ0n) is 14.3. The maximum Gasteiger partial charge on any atom is 0.329 e. The topological polar surface area (TPSA) is 97.4 Å². The van der Waals surface area contributed by atoms with Crippen molar-refractivity contribution < 1.29 is 19.1 Å². The lowest BCUT2D eigenvalue weighted by molar-refractivity contribution is -0.157. The number of halogens is 1. The molecule has 1 aromatic heterocycles. The number of pyridine rings is 1. The van der Waals surface area contributed by atoms with E-state index in [9.17, 15) is 14.4 Å². The fourth-order valence-corrected chi connectivity index (χ4v) is 2.97. The molecule has 0 saturated heterocycles. The first-order valence-corrected chi connectivity index (χ1v) is 8.64. The molecule has 0 aliphatic heterocycles. The Morgan fingerprint density at radius 2 is 1.96 bits per heavy atom. The van der Waals surface area contributed by atoms with E-state index in [0.717, 1.165) is 25.7 Å². The molecule has 2 atom stereocenters. The normalized spacial score (nSPS) is 16.8. The van der Waals surface area contributed by atoms with Gasteiger partial charge in [0.05, 0.1) is 5.02 Å². The van der Waals surface area contributed by atoms with E-state index in [2.05, 4.69) is 15.6 Å². The molecule has 136 valence electrons. The van der Waals surface area contributed by atoms with Gasteiger partial charge in [-0.15, -0.1) is 0 Å². The van der Waals surface area contributed by atoms with E-state index in [4.69, 9.17) is 16.3 Å². The first-order valence-electron chi connectivity index (χ1n) is 8.27. The summed E-state index contributed by atoms with van der Waals surface area (Å²) in [5.41, 5.74) is 0. The molecule has 7 nitrogen and oxygen atoms in total. The van der Waals surface area contributed by atoms with Gasteiger partial charge in [-0.25, -0.2) is 9.78 Å². The number of hydrogen-bond donors (Lipinski definition) is 2. The van der Waals surface area contributed by atoms with Gasteiger partial charge in [-0.2, -0.15) is 0 Å². The van der Waals surface area contributed by atoms with Crippen LogP contribution in [0.4, 0.5) is 5.82 Å². The third kappa shape index (κ3) is 5.70. The van der Waals surface area contributed by atoms with Crippen molar-refractivity contribution in [3.8, 4) is 0 Å². The molecule has 1 aliphatic rings. The first-order chi connectivity index (χ1) is 11.9. The molecular weight excluding hydrogens is 346 g/mol. The highest BCUT2D eigenvalue weighted by Gasteiger charge is 2.34. The SMILES string of the molecule is CC(=O)N[C@@H](C(=O)O[C@@H](C)C(=O)Nc1ccc(Cl)cn1)C1CCCC1. The molecule has 2 rings (SSSR count). The molecule has 0 bridgehead atoms. The second-order valence-electron chi connectivity index (χ2n) is 6.15. The van der Waals surface area contributed by atoms with Crippen LogP contribution in [-0.4, -0.2) is 34.9 Å². The van der Waals surface area contributed by atoms with Gasteiger partial charge >= 0.3 is 5.97 Å². The largest absolute Gasteiger partial charge is 0.451 e. The van der Waals surface area contributed by atoms with Crippen molar-refractivity contribution >= 4 is 35.2 Å². The van der Waals surface area contributed by atoms with Gasteiger partial charge in [0.2, 0.25) is 5.91 Å². The number of hydrogen-bond acceptors (Lipinski definition) is 5. The van der Waals surface area contributed by atoms with Crippen LogP contribution in [0.3, 0.4) is 0 Å². The summed E-state index contributed by atoms with van der Waals surface area (Å²) in [6, 6.07) is 2.42. The van der Waals surface area contributed by atoms with E-state index in [1.165, 1.54) is 20.0 Å². The monoisotopic (exact) mass is 367 g/mol. The van der Waals surface area contributed by atoms with Crippen LogP contribution in [0.15, 0.2) is 18.3 Å². The fraction of sp³-hybridized carbons (Fsp3) is 0.529. The summed E-state index contributed by atoms with van der Waals surface area (Å²) in [4.78, 5) is 39.9. The van der Waals surface area contributed by atoms with Crippen molar-refractivity contribution in [2.24, 2.45) is 5.92 Å². The minimum atomic E-state index is -1.01. The van der Waals surface area contributed by atoms with Crippen LogP contribution in [-0.2, 0) is 19.1 Å². The molecule has 1 saturated carbocycles. The van der Waals surface area contributed by atoms with Crippen molar-refractivity contribution in [2.45, 2.75) is 51.7 Å². The smallest absolute Gasteiger partial charge is 0.329 e. The lowest BCUT2D eigenvalue weighted by Gasteiger charge is -2.24. The van der Waals surface area contributed by atoms with Crippen molar-refractivity contribution in [1.29, 1.82) is 0 Å². The highest BCUT2D eigenvalue weighted by molar-refractivity contribution is 6.30. The van der Waals surface area contributed by atoms with Crippen molar-refractivity contribution in [3.05, 3.63) is 23.4 Å². The van der Waals surface area contributed by atoms with Gasteiger partial charge in [-0.1, -0.05) is 24.4 Å². The second-order valence-corrected chi connectivity index (χ2v) is 6.59. The molecule has 0 spiro atoms. The average Bonchev–Trinajstić information content (AvgIpc) is 3.08. The van der Waals surface area contributed by atoms with E-state index in [-0.39, 0.29) is 11.8 Å². The molecule has 1 aliphatic carbocycles. The zero-order chi connectivity index (χ0) is 18.4. The van der Waals surface area contributed by atoms with Gasteiger partial charge in [0.1, 0.15) is 11.9 Å². The lowest BCUT2D eigenvalue weighted by Crippen LogP contribution is -2.47. The number of carbonyl (C=O) groups excluding carboxylic acids is 3. The predicted molar refractivity (Wildman–Crippen MR) is 93.0 cm³/mol. The van der Waals surface area contributed by atoms with Crippen LogP contribution >= 0.6 is 11.6 Å². The highest BCUT2D eigenvalue weighted by Crippen LogP contribution is 2.28. The Morgan fingerprint density at radius 1 is 1.28 bits per heavy atom. The summed E-state index contributed by atoms with van der Waals surface area (Å²) in [5, 5.41) is 5.65. The summed E-state index contributed by atoms with van der Waals surface area (Å²) in [6.45, 7) is 2.83. The summed E-state index contributed by atoms with van der Waals surface area (Å²) in [7, 11) is 0. The van der Waals surface area contributed by atoms with Crippen LogP contribution in [0.1, 0.15) is 39.5 Å². The Morgan fingerprint density at radius 3 is 2.52 bits per heavy atom. The Kier molecular flexibility index (Phi) is 6.75. The van der Waals surface area contributed by atoms with Crippen molar-refractivity contribution in [1.82, 2.24) is 10.3 Å². The van der Waals surface area contributed by atoms with Gasteiger partial charge in [-0.3, -0.25) is 9.59 Å². The number of ether oxygens (including phenoxy) is 1. The second kappa shape index (κ2) is 8.80. The molecule has 8 heteroatoms. The van der Waals surface area contributed by atoms with Gasteiger partial charge in [0, 0.05) is 13.1 Å². The number of nitrogens with one attached hydrogen (secondary N) is 2. The number of anilines is 1. The molecule has 2 amide bonds. The minimum absolute atomic E-state index is 0.0459. The molecule has 1 aromatic rings. The van der Waals surface area contributed by atoms with Gasteiger partial charge in [0.25, 0.3) is 5.91 Å². The van der Waals surface area contributed by atoms with Crippen LogP contribution in [0.5, 0.6) is 0 Å². The maximum absolute atomic E-state index is 12.4. The standard InChI is InChI=1S/C17H22ClN3O4/c1-10(16(23)21-14-8-7-13(18)9-19-14)25-17(24)15(20-11(2)22)12-5-3-4-6-12/h7-10,12,15H,3-6H2,1-2H3,(H,20,22)(H,19,21,23)/t10-,15+/m0/s1. The average molecular weight is 368 g/mol. The van der Waals surface area contributed by atoms with E-state index in [0.29, 0.717) is 10.8 Å². The lowest BCUT2D eigenvalue weighted by atomic mass is 9.98. The fourth-order valence-electron chi connectivity index (χ4n) is 2.86. The zero-order valence-corrected chi connectivity index (χ0v) is 15.0. The number of rotatable bonds is 6. The molecule has 0 aromatic carbocycles. The highest BCUT2D eigenvalue weighted by atomic mass is 35.5. The minimum Gasteiger partial charge on any atom is -0.451 e. The van der Waals surface area contributed by atoms with Crippen LogP contribution < -0.4 is 10.6 Å². The Balaban J connectivity index is 1.94. The third-order valence-corrected chi connectivity index (χ3v) is 4.35. The summed E-state index contributed by atoms with van der Waals surface area (Å²) >= 11 is 5.74. The Hall–Kier alpha value is -2.15. The summed E-state index contributed by atoms with van der Waals surface area (Å²) < 4.78 is 5.26. The first kappa shape index (κ1) is 19.2. The van der Waals surface area contributed by atoms with Crippen LogP contribution in [0.2, 0.25) is 5.02 Å². The van der Waals surface area contributed by atoms with E-state index in [1.54, 1.807) is 12.1 Å². The molecular formula is C17H22ClN3O4.